The summed E-state index contributed by atoms with van der Waals surface area (Å²) in [5.74, 6) is 2.98. The second kappa shape index (κ2) is 7.35. The fourth-order valence-corrected chi connectivity index (χ4v) is 4.19. The van der Waals surface area contributed by atoms with Gasteiger partial charge in [-0.05, 0) is 24.3 Å². The van der Waals surface area contributed by atoms with Crippen molar-refractivity contribution in [2.45, 2.75) is 10.9 Å². The van der Waals surface area contributed by atoms with Gasteiger partial charge in [0.2, 0.25) is 0 Å². The van der Waals surface area contributed by atoms with Crippen LogP contribution in [0.15, 0.2) is 57.6 Å². The predicted molar refractivity (Wildman–Crippen MR) is 102 cm³/mol. The zero-order valence-corrected chi connectivity index (χ0v) is 15.9. The third-order valence-electron chi connectivity index (χ3n) is 3.79. The average molecular weight is 384 g/mol. The lowest BCUT2D eigenvalue weighted by Gasteiger charge is -2.02. The number of ether oxygens (including phenoxy) is 1. The van der Waals surface area contributed by atoms with E-state index in [9.17, 15) is 0 Å². The molecular weight excluding hydrogens is 368 g/mol. The number of nitrogens with zero attached hydrogens (tertiary/aromatic N) is 4. The van der Waals surface area contributed by atoms with E-state index >= 15 is 0 Å². The Balaban J connectivity index is 1.47. The smallest absolute Gasteiger partial charge is 0.200 e. The SMILES string of the molecule is COc1cccc(-c2nc(CSc3nnc(-c4ccco4)n3C)cs2)c1. The largest absolute Gasteiger partial charge is 0.497 e. The van der Waals surface area contributed by atoms with E-state index in [1.807, 2.05) is 48.0 Å². The number of thioether (sulfide) groups is 1. The van der Waals surface area contributed by atoms with Crippen molar-refractivity contribution >= 4 is 23.1 Å². The van der Waals surface area contributed by atoms with Crippen molar-refractivity contribution in [2.75, 3.05) is 7.11 Å². The molecule has 0 radical (unpaired) electrons. The first kappa shape index (κ1) is 16.9. The first-order chi connectivity index (χ1) is 12.7. The summed E-state index contributed by atoms with van der Waals surface area (Å²) in [5, 5.41) is 12.3. The quantitative estimate of drug-likeness (QED) is 0.456. The topological polar surface area (TPSA) is 66.0 Å². The van der Waals surface area contributed by atoms with Crippen molar-refractivity contribution in [1.29, 1.82) is 0 Å². The second-order valence-corrected chi connectivity index (χ2v) is 7.31. The van der Waals surface area contributed by atoms with Gasteiger partial charge in [0.15, 0.2) is 16.7 Å². The number of thiazole rings is 1. The number of hydrogen-bond acceptors (Lipinski definition) is 7. The molecule has 26 heavy (non-hydrogen) atoms. The normalized spacial score (nSPS) is 11.0. The molecule has 0 spiro atoms. The molecule has 132 valence electrons. The van der Waals surface area contributed by atoms with Crippen LogP contribution >= 0.6 is 23.1 Å². The van der Waals surface area contributed by atoms with E-state index in [0.717, 1.165) is 32.9 Å². The molecule has 0 aliphatic carbocycles. The number of benzene rings is 1. The van der Waals surface area contributed by atoms with Crippen molar-refractivity contribution < 1.29 is 9.15 Å². The molecule has 0 saturated carbocycles. The molecule has 0 aliphatic rings. The van der Waals surface area contributed by atoms with Crippen LogP contribution < -0.4 is 4.74 Å². The highest BCUT2D eigenvalue weighted by atomic mass is 32.2. The third-order valence-corrected chi connectivity index (χ3v) is 5.79. The van der Waals surface area contributed by atoms with Crippen molar-refractivity contribution in [3.8, 4) is 27.9 Å². The van der Waals surface area contributed by atoms with Crippen LogP contribution in [0.5, 0.6) is 5.75 Å². The first-order valence-electron chi connectivity index (χ1n) is 7.89. The molecule has 0 fully saturated rings. The van der Waals surface area contributed by atoms with E-state index in [2.05, 4.69) is 15.6 Å². The Morgan fingerprint density at radius 1 is 1.23 bits per heavy atom. The Bertz CT molecular complexity index is 1010. The molecule has 0 amide bonds. The minimum Gasteiger partial charge on any atom is -0.497 e. The van der Waals surface area contributed by atoms with Gasteiger partial charge in [-0.1, -0.05) is 23.9 Å². The average Bonchev–Trinajstić information content (AvgIpc) is 3.41. The summed E-state index contributed by atoms with van der Waals surface area (Å²) >= 11 is 3.23. The molecule has 3 aromatic heterocycles. The number of methoxy groups -OCH3 is 1. The zero-order valence-electron chi connectivity index (χ0n) is 14.2. The standard InChI is InChI=1S/C18H16N4O2S2/c1-22-16(15-7-4-8-24-15)20-21-18(22)26-11-13-10-25-17(19-13)12-5-3-6-14(9-12)23-2/h3-10H,11H2,1-2H3. The highest BCUT2D eigenvalue weighted by molar-refractivity contribution is 7.98. The molecule has 0 saturated heterocycles. The highest BCUT2D eigenvalue weighted by Gasteiger charge is 2.14. The highest BCUT2D eigenvalue weighted by Crippen LogP contribution is 2.30. The van der Waals surface area contributed by atoms with Crippen LogP contribution in [0, 0.1) is 0 Å². The maximum atomic E-state index is 5.39. The van der Waals surface area contributed by atoms with Crippen LogP contribution in [-0.2, 0) is 12.8 Å². The Labute approximate surface area is 158 Å². The first-order valence-corrected chi connectivity index (χ1v) is 9.76. The molecule has 0 unspecified atom stereocenters. The maximum Gasteiger partial charge on any atom is 0.200 e. The molecule has 3 heterocycles. The van der Waals surface area contributed by atoms with E-state index in [4.69, 9.17) is 14.1 Å². The number of rotatable bonds is 6. The van der Waals surface area contributed by atoms with Gasteiger partial charge in [0, 0.05) is 23.7 Å². The molecule has 4 aromatic rings. The molecule has 0 aliphatic heterocycles. The van der Waals surface area contributed by atoms with Gasteiger partial charge in [0.05, 0.1) is 19.1 Å². The van der Waals surface area contributed by atoms with E-state index in [1.165, 1.54) is 0 Å². The fourth-order valence-electron chi connectivity index (χ4n) is 2.46. The van der Waals surface area contributed by atoms with Gasteiger partial charge in [-0.2, -0.15) is 0 Å². The monoisotopic (exact) mass is 384 g/mol. The molecule has 0 bridgehead atoms. The maximum absolute atomic E-state index is 5.39. The minimum absolute atomic E-state index is 0.709. The van der Waals surface area contributed by atoms with Gasteiger partial charge >= 0.3 is 0 Å². The molecule has 0 N–H and O–H groups in total. The van der Waals surface area contributed by atoms with Crippen molar-refractivity contribution in [2.24, 2.45) is 7.05 Å². The second-order valence-electron chi connectivity index (χ2n) is 5.51. The van der Waals surface area contributed by atoms with Crippen LogP contribution in [0.2, 0.25) is 0 Å². The van der Waals surface area contributed by atoms with Crippen LogP contribution in [-0.4, -0.2) is 26.9 Å². The molecular formula is C18H16N4O2S2. The Hall–Kier alpha value is -2.58. The van der Waals surface area contributed by atoms with Crippen molar-refractivity contribution in [3.05, 3.63) is 53.7 Å². The molecule has 4 rings (SSSR count). The van der Waals surface area contributed by atoms with Gasteiger partial charge in [0.25, 0.3) is 0 Å². The minimum atomic E-state index is 0.709. The Morgan fingerprint density at radius 3 is 2.96 bits per heavy atom. The summed E-state index contributed by atoms with van der Waals surface area (Å²) in [6, 6.07) is 11.6. The molecule has 6 nitrogen and oxygen atoms in total. The molecule has 1 aromatic carbocycles. The molecule has 0 atom stereocenters. The lowest BCUT2D eigenvalue weighted by Crippen LogP contribution is -1.94. The predicted octanol–water partition coefficient (Wildman–Crippen LogP) is 4.50. The lowest BCUT2D eigenvalue weighted by molar-refractivity contribution is 0.415. The summed E-state index contributed by atoms with van der Waals surface area (Å²) in [5.41, 5.74) is 2.07. The summed E-state index contributed by atoms with van der Waals surface area (Å²) in [4.78, 5) is 4.72. The van der Waals surface area contributed by atoms with E-state index in [0.29, 0.717) is 11.6 Å². The fraction of sp³-hybridized carbons (Fsp3) is 0.167. The number of hydrogen-bond donors (Lipinski definition) is 0. The van der Waals surface area contributed by atoms with Gasteiger partial charge in [-0.25, -0.2) is 4.98 Å². The van der Waals surface area contributed by atoms with Crippen LogP contribution in [0.3, 0.4) is 0 Å². The zero-order chi connectivity index (χ0) is 17.9. The van der Waals surface area contributed by atoms with Crippen molar-refractivity contribution in [1.82, 2.24) is 19.7 Å². The van der Waals surface area contributed by atoms with Gasteiger partial charge < -0.3 is 13.7 Å². The van der Waals surface area contributed by atoms with E-state index in [1.54, 1.807) is 36.5 Å². The number of aromatic nitrogens is 4. The summed E-state index contributed by atoms with van der Waals surface area (Å²) in [6.45, 7) is 0. The summed E-state index contributed by atoms with van der Waals surface area (Å²) in [6.07, 6.45) is 1.63. The Morgan fingerprint density at radius 2 is 2.15 bits per heavy atom. The summed E-state index contributed by atoms with van der Waals surface area (Å²) in [7, 11) is 3.60. The third kappa shape index (κ3) is 3.38. The van der Waals surface area contributed by atoms with Crippen LogP contribution in [0.25, 0.3) is 22.2 Å². The van der Waals surface area contributed by atoms with Gasteiger partial charge in [0.1, 0.15) is 10.8 Å². The van der Waals surface area contributed by atoms with Crippen LogP contribution in [0.4, 0.5) is 0 Å². The van der Waals surface area contributed by atoms with Gasteiger partial charge in [-0.3, -0.25) is 0 Å². The van der Waals surface area contributed by atoms with E-state index < -0.39 is 0 Å². The molecule has 8 heteroatoms. The van der Waals surface area contributed by atoms with Crippen LogP contribution in [0.1, 0.15) is 5.69 Å². The Kier molecular flexibility index (Phi) is 4.77. The van der Waals surface area contributed by atoms with Crippen molar-refractivity contribution in [3.63, 3.8) is 0 Å². The lowest BCUT2D eigenvalue weighted by atomic mass is 10.2. The van der Waals surface area contributed by atoms with E-state index in [-0.39, 0.29) is 0 Å². The number of furan rings is 1. The summed E-state index contributed by atoms with van der Waals surface area (Å²) < 4.78 is 12.6. The van der Waals surface area contributed by atoms with Gasteiger partial charge in [-0.15, -0.1) is 21.5 Å².